The topological polar surface area (TPSA) is 101 Å². The summed E-state index contributed by atoms with van der Waals surface area (Å²) in [7, 11) is 0. The molecule has 0 aliphatic heterocycles. The largest absolute Gasteiger partial charge is 0.480 e. The molecule has 37 heavy (non-hydrogen) atoms. The van der Waals surface area contributed by atoms with Crippen molar-refractivity contribution in [2.24, 2.45) is 11.1 Å². The zero-order valence-corrected chi connectivity index (χ0v) is 22.1. The number of hydrogen-bond donors (Lipinski definition) is 2. The number of carbonyl (C=O) groups is 2. The molecule has 1 heterocycles. The summed E-state index contributed by atoms with van der Waals surface area (Å²) in [5, 5.41) is 9.22. The second kappa shape index (κ2) is 12.3. The Hall–Kier alpha value is -3.30. The molecule has 0 saturated heterocycles. The van der Waals surface area contributed by atoms with Gasteiger partial charge < -0.3 is 20.3 Å². The van der Waals surface area contributed by atoms with Gasteiger partial charge >= 0.3 is 5.97 Å². The number of nitrogens with zero attached hydrogens (tertiary/aromatic N) is 3. The highest BCUT2D eigenvalue weighted by Gasteiger charge is 2.37. The van der Waals surface area contributed by atoms with Crippen molar-refractivity contribution in [2.75, 3.05) is 6.54 Å². The summed E-state index contributed by atoms with van der Waals surface area (Å²) >= 11 is 0. The van der Waals surface area contributed by atoms with Crippen LogP contribution in [0.5, 0.6) is 0 Å². The maximum atomic E-state index is 14.7. The van der Waals surface area contributed by atoms with Gasteiger partial charge in [0.2, 0.25) is 5.91 Å². The van der Waals surface area contributed by atoms with E-state index in [1.165, 1.54) is 6.92 Å². The van der Waals surface area contributed by atoms with Crippen molar-refractivity contribution < 1.29 is 23.5 Å². The van der Waals surface area contributed by atoms with Gasteiger partial charge in [-0.2, -0.15) is 0 Å². The molecule has 1 amide bonds. The monoisotopic (exact) mass is 534 g/mol. The number of carboxylic acids is 1. The highest BCUT2D eigenvalue weighted by Crippen LogP contribution is 2.39. The third kappa shape index (κ3) is 7.36. The van der Waals surface area contributed by atoms with E-state index in [1.54, 1.807) is 11.1 Å². The number of carboxylic acid groups (broad SMARTS) is 1. The number of benzene rings is 2. The predicted molar refractivity (Wildman–Crippen MR) is 140 cm³/mol. The van der Waals surface area contributed by atoms with E-state index in [9.17, 15) is 23.5 Å². The first-order valence-electron chi connectivity index (χ1n) is 11.7. The van der Waals surface area contributed by atoms with E-state index in [0.29, 0.717) is 12.4 Å². The van der Waals surface area contributed by atoms with Gasteiger partial charge in [0.1, 0.15) is 23.5 Å². The maximum absolute atomic E-state index is 14.7. The number of halogens is 3. The first-order chi connectivity index (χ1) is 16.9. The average Bonchev–Trinajstić information content (AvgIpc) is 3.19. The van der Waals surface area contributed by atoms with Crippen molar-refractivity contribution >= 4 is 24.3 Å². The van der Waals surface area contributed by atoms with Gasteiger partial charge in [-0.15, -0.1) is 12.4 Å². The zero-order chi connectivity index (χ0) is 26.6. The molecule has 0 saturated carbocycles. The lowest BCUT2D eigenvalue weighted by Gasteiger charge is -2.39. The molecule has 2 atom stereocenters. The van der Waals surface area contributed by atoms with Gasteiger partial charge in [-0.1, -0.05) is 51.1 Å². The molecule has 0 radical (unpaired) electrons. The van der Waals surface area contributed by atoms with Crippen LogP contribution in [-0.2, 0) is 16.1 Å². The molecule has 0 fully saturated rings. The first kappa shape index (κ1) is 29.9. The second-order valence-electron chi connectivity index (χ2n) is 9.94. The Kier molecular flexibility index (Phi) is 9.94. The van der Waals surface area contributed by atoms with E-state index in [4.69, 9.17) is 10.7 Å². The fraction of sp³-hybridized carbons (Fsp3) is 0.370. The smallest absolute Gasteiger partial charge is 0.320 e. The average molecular weight is 535 g/mol. The molecule has 3 rings (SSSR count). The number of carbonyl (C=O) groups excluding carboxylic acids is 1. The standard InChI is InChI=1S/C27H32F2N4O3.ClH/c1-17(34)33(13-12-22(30)26(35)36)24(27(2,3)4)25-31-23(20-14-19(28)10-11-21(20)29)16-32(25)15-18-8-6-5-7-9-18;/h5-11,14,16,22,24H,12-13,15,30H2,1-4H3,(H,35,36);1H. The molecule has 3 N–H and O–H groups in total. The van der Waals surface area contributed by atoms with Gasteiger partial charge in [-0.25, -0.2) is 13.8 Å². The highest BCUT2D eigenvalue weighted by atomic mass is 35.5. The van der Waals surface area contributed by atoms with Crippen LogP contribution in [0.25, 0.3) is 11.3 Å². The zero-order valence-electron chi connectivity index (χ0n) is 21.3. The number of imidazole rings is 1. The first-order valence-corrected chi connectivity index (χ1v) is 11.7. The van der Waals surface area contributed by atoms with Crippen molar-refractivity contribution in [3.63, 3.8) is 0 Å². The molecule has 7 nitrogen and oxygen atoms in total. The summed E-state index contributed by atoms with van der Waals surface area (Å²) < 4.78 is 30.5. The molecule has 0 bridgehead atoms. The van der Waals surface area contributed by atoms with Crippen molar-refractivity contribution in [1.29, 1.82) is 0 Å². The Morgan fingerprint density at radius 2 is 1.78 bits per heavy atom. The van der Waals surface area contributed by atoms with Crippen LogP contribution in [0.2, 0.25) is 0 Å². The third-order valence-electron chi connectivity index (χ3n) is 5.99. The Labute approximate surface area is 221 Å². The fourth-order valence-corrected chi connectivity index (χ4v) is 4.24. The second-order valence-corrected chi connectivity index (χ2v) is 9.94. The molecule has 3 aromatic rings. The van der Waals surface area contributed by atoms with E-state index in [1.807, 2.05) is 55.7 Å². The van der Waals surface area contributed by atoms with Crippen LogP contribution < -0.4 is 5.73 Å². The Bertz CT molecular complexity index is 1230. The van der Waals surface area contributed by atoms with E-state index < -0.39 is 35.1 Å². The van der Waals surface area contributed by atoms with Crippen LogP contribution in [0.3, 0.4) is 0 Å². The molecule has 0 aliphatic carbocycles. The molecule has 2 unspecified atom stereocenters. The maximum Gasteiger partial charge on any atom is 0.320 e. The summed E-state index contributed by atoms with van der Waals surface area (Å²) in [5.74, 6) is -2.16. The molecule has 2 aromatic carbocycles. The number of aliphatic carboxylic acids is 1. The number of rotatable bonds is 9. The molecule has 0 spiro atoms. The van der Waals surface area contributed by atoms with Crippen molar-refractivity contribution in [3.8, 4) is 11.3 Å². The van der Waals surface area contributed by atoms with Gasteiger partial charge in [0.25, 0.3) is 0 Å². The lowest BCUT2D eigenvalue weighted by atomic mass is 9.84. The number of amides is 1. The lowest BCUT2D eigenvalue weighted by Crippen LogP contribution is -2.44. The quantitative estimate of drug-likeness (QED) is 0.400. The molecular weight excluding hydrogens is 502 g/mol. The lowest BCUT2D eigenvalue weighted by molar-refractivity contribution is -0.140. The van der Waals surface area contributed by atoms with Gasteiger partial charge in [-0.05, 0) is 35.6 Å². The van der Waals surface area contributed by atoms with Gasteiger partial charge in [0, 0.05) is 31.8 Å². The third-order valence-corrected chi connectivity index (χ3v) is 5.99. The number of aromatic nitrogens is 2. The predicted octanol–water partition coefficient (Wildman–Crippen LogP) is 5.04. The van der Waals surface area contributed by atoms with Crippen LogP contribution in [0.4, 0.5) is 8.78 Å². The van der Waals surface area contributed by atoms with Crippen LogP contribution in [0.15, 0.2) is 54.7 Å². The van der Waals surface area contributed by atoms with Crippen molar-refractivity contribution in [3.05, 3.63) is 77.8 Å². The summed E-state index contributed by atoms with van der Waals surface area (Å²) in [6, 6.07) is 11.0. The SMILES string of the molecule is CC(=O)N(CCC(N)C(=O)O)C(c1nc(-c2cc(F)ccc2F)cn1Cc1ccccc1)C(C)(C)C.Cl. The van der Waals surface area contributed by atoms with Crippen molar-refractivity contribution in [1.82, 2.24) is 14.5 Å². The Morgan fingerprint density at radius 3 is 2.35 bits per heavy atom. The molecule has 200 valence electrons. The van der Waals surface area contributed by atoms with Crippen LogP contribution in [-0.4, -0.2) is 44.0 Å². The van der Waals surface area contributed by atoms with Crippen LogP contribution in [0.1, 0.15) is 51.5 Å². The normalized spacial score (nSPS) is 12.9. The minimum absolute atomic E-state index is 0. The minimum atomic E-state index is -1.15. The van der Waals surface area contributed by atoms with Crippen molar-refractivity contribution in [2.45, 2.75) is 52.7 Å². The van der Waals surface area contributed by atoms with Gasteiger partial charge in [0.15, 0.2) is 0 Å². The van der Waals surface area contributed by atoms with Crippen LogP contribution in [0, 0.1) is 17.0 Å². The van der Waals surface area contributed by atoms with Gasteiger partial charge in [-0.3, -0.25) is 9.59 Å². The van der Waals surface area contributed by atoms with E-state index in [0.717, 1.165) is 23.8 Å². The minimum Gasteiger partial charge on any atom is -0.480 e. The highest BCUT2D eigenvalue weighted by molar-refractivity contribution is 5.85. The van der Waals surface area contributed by atoms with E-state index in [2.05, 4.69) is 0 Å². The molecule has 0 aliphatic rings. The Balaban J connectivity index is 0.00000481. The summed E-state index contributed by atoms with van der Waals surface area (Å²) in [5.41, 5.74) is 6.38. The molecular formula is C27H33ClF2N4O3. The van der Waals surface area contributed by atoms with Crippen LogP contribution >= 0.6 is 12.4 Å². The fourth-order valence-electron chi connectivity index (χ4n) is 4.24. The van der Waals surface area contributed by atoms with E-state index in [-0.39, 0.29) is 42.5 Å². The molecule has 1 aromatic heterocycles. The van der Waals surface area contributed by atoms with Gasteiger partial charge in [0.05, 0.1) is 11.7 Å². The summed E-state index contributed by atoms with van der Waals surface area (Å²) in [6.07, 6.45) is 1.70. The summed E-state index contributed by atoms with van der Waals surface area (Å²) in [4.78, 5) is 30.4. The Morgan fingerprint density at radius 1 is 1.14 bits per heavy atom. The number of hydrogen-bond acceptors (Lipinski definition) is 4. The molecule has 10 heteroatoms. The van der Waals surface area contributed by atoms with E-state index >= 15 is 0 Å². The number of nitrogens with two attached hydrogens (primary N) is 1. The summed E-state index contributed by atoms with van der Waals surface area (Å²) in [6.45, 7) is 7.69.